The van der Waals surface area contributed by atoms with Gasteiger partial charge in [0, 0.05) is 17.0 Å². The quantitative estimate of drug-likeness (QED) is 0.453. The van der Waals surface area contributed by atoms with Gasteiger partial charge in [-0.3, -0.25) is 4.79 Å². The molecule has 30 heavy (non-hydrogen) atoms. The van der Waals surface area contributed by atoms with E-state index in [0.717, 1.165) is 10.8 Å². The lowest BCUT2D eigenvalue weighted by Gasteiger charge is -2.15. The lowest BCUT2D eigenvalue weighted by Crippen LogP contribution is -2.33. The lowest BCUT2D eigenvalue weighted by molar-refractivity contribution is -0.127. The molecule has 0 bridgehead atoms. The van der Waals surface area contributed by atoms with E-state index in [-0.39, 0.29) is 5.91 Å². The number of ether oxygens (including phenoxy) is 4. The van der Waals surface area contributed by atoms with E-state index in [0.29, 0.717) is 28.6 Å². The monoisotopic (exact) mass is 408 g/mol. The maximum absolute atomic E-state index is 12.4. The minimum Gasteiger partial charge on any atom is -0.496 e. The van der Waals surface area contributed by atoms with Crippen molar-refractivity contribution >= 4 is 22.9 Å². The molecule has 0 saturated carbocycles. The van der Waals surface area contributed by atoms with Gasteiger partial charge < -0.3 is 18.9 Å². The molecule has 0 aromatic heterocycles. The first kappa shape index (κ1) is 21.0. The number of nitrogens with zero attached hydrogens (tertiary/aromatic N) is 1. The molecular formula is C23H24N2O5. The zero-order valence-corrected chi connectivity index (χ0v) is 17.3. The molecule has 0 aliphatic heterocycles. The molecule has 1 unspecified atom stereocenters. The van der Waals surface area contributed by atoms with Gasteiger partial charge in [-0.05, 0) is 24.4 Å². The van der Waals surface area contributed by atoms with Crippen LogP contribution < -0.4 is 24.4 Å². The first-order chi connectivity index (χ1) is 14.6. The van der Waals surface area contributed by atoms with Crippen molar-refractivity contribution in [3.63, 3.8) is 0 Å². The third-order valence-corrected chi connectivity index (χ3v) is 4.54. The van der Waals surface area contributed by atoms with E-state index in [9.17, 15) is 4.79 Å². The summed E-state index contributed by atoms with van der Waals surface area (Å²) in [6.07, 6.45) is 0.740. The Kier molecular flexibility index (Phi) is 6.75. The molecule has 1 N–H and O–H groups in total. The number of hydrazone groups is 1. The number of carbonyl (C=O) groups excluding carboxylic acids is 1. The lowest BCUT2D eigenvalue weighted by atomic mass is 10.1. The van der Waals surface area contributed by atoms with Crippen molar-refractivity contribution in [2.24, 2.45) is 5.10 Å². The predicted octanol–water partition coefficient (Wildman–Crippen LogP) is 3.78. The Hall–Kier alpha value is -3.74. The maximum Gasteiger partial charge on any atom is 0.280 e. The van der Waals surface area contributed by atoms with Gasteiger partial charge in [0.1, 0.15) is 11.5 Å². The summed E-state index contributed by atoms with van der Waals surface area (Å²) >= 11 is 0. The average Bonchev–Trinajstić information content (AvgIpc) is 2.78. The number of hydrogen-bond acceptors (Lipinski definition) is 6. The number of amides is 1. The summed E-state index contributed by atoms with van der Waals surface area (Å²) in [6, 6.07) is 17.0. The normalized spacial score (nSPS) is 11.9. The molecule has 3 rings (SSSR count). The zero-order valence-electron chi connectivity index (χ0n) is 17.3. The van der Waals surface area contributed by atoms with E-state index < -0.39 is 6.10 Å². The van der Waals surface area contributed by atoms with Gasteiger partial charge >= 0.3 is 0 Å². The highest BCUT2D eigenvalue weighted by atomic mass is 16.5. The van der Waals surface area contributed by atoms with E-state index in [1.54, 1.807) is 33.3 Å². The van der Waals surface area contributed by atoms with Crippen LogP contribution in [0.3, 0.4) is 0 Å². The van der Waals surface area contributed by atoms with Crippen molar-refractivity contribution in [2.45, 2.75) is 13.0 Å². The second-order valence-electron chi connectivity index (χ2n) is 6.42. The van der Waals surface area contributed by atoms with Gasteiger partial charge in [0.25, 0.3) is 5.91 Å². The first-order valence-electron chi connectivity index (χ1n) is 9.34. The number of nitrogens with one attached hydrogen (secondary N) is 1. The van der Waals surface area contributed by atoms with Gasteiger partial charge in [0.2, 0.25) is 0 Å². The summed E-state index contributed by atoms with van der Waals surface area (Å²) in [4.78, 5) is 12.4. The van der Waals surface area contributed by atoms with Gasteiger partial charge in [0.15, 0.2) is 17.6 Å². The van der Waals surface area contributed by atoms with Crippen LogP contribution in [0.1, 0.15) is 12.5 Å². The highest BCUT2D eigenvalue weighted by molar-refractivity contribution is 5.90. The van der Waals surface area contributed by atoms with Gasteiger partial charge in [-0.25, -0.2) is 5.43 Å². The average molecular weight is 408 g/mol. The Morgan fingerprint density at radius 3 is 2.30 bits per heavy atom. The topological polar surface area (TPSA) is 78.4 Å². The predicted molar refractivity (Wildman–Crippen MR) is 116 cm³/mol. The van der Waals surface area contributed by atoms with Crippen molar-refractivity contribution in [3.8, 4) is 23.0 Å². The zero-order chi connectivity index (χ0) is 21.5. The molecule has 3 aromatic rings. The molecule has 1 amide bonds. The molecule has 0 radical (unpaired) electrons. The number of benzene rings is 3. The molecule has 156 valence electrons. The minimum absolute atomic E-state index is 0.376. The Morgan fingerprint density at radius 2 is 1.57 bits per heavy atom. The molecule has 0 aliphatic carbocycles. The van der Waals surface area contributed by atoms with Gasteiger partial charge in [-0.1, -0.05) is 36.4 Å². The Bertz CT molecular complexity index is 1060. The fourth-order valence-electron chi connectivity index (χ4n) is 2.95. The molecule has 7 heteroatoms. The summed E-state index contributed by atoms with van der Waals surface area (Å²) in [5, 5.41) is 6.01. The second-order valence-corrected chi connectivity index (χ2v) is 6.42. The van der Waals surface area contributed by atoms with Crippen LogP contribution in [-0.2, 0) is 4.79 Å². The summed E-state index contributed by atoms with van der Waals surface area (Å²) in [5.41, 5.74) is 3.12. The minimum atomic E-state index is -0.736. The molecule has 0 heterocycles. The molecular weight excluding hydrogens is 384 g/mol. The van der Waals surface area contributed by atoms with Crippen molar-refractivity contribution in [1.29, 1.82) is 0 Å². The maximum atomic E-state index is 12.4. The first-order valence-corrected chi connectivity index (χ1v) is 9.34. The number of methoxy groups -OCH3 is 3. The van der Waals surface area contributed by atoms with Crippen molar-refractivity contribution < 1.29 is 23.7 Å². The molecule has 1 atom stereocenters. The van der Waals surface area contributed by atoms with Crippen LogP contribution in [0, 0.1) is 0 Å². The number of fused-ring (bicyclic) bond motifs is 1. The van der Waals surface area contributed by atoms with Crippen LogP contribution in [-0.4, -0.2) is 39.6 Å². The van der Waals surface area contributed by atoms with Crippen molar-refractivity contribution in [1.82, 2.24) is 5.43 Å². The summed E-state index contributed by atoms with van der Waals surface area (Å²) < 4.78 is 21.8. The Balaban J connectivity index is 1.70. The van der Waals surface area contributed by atoms with E-state index in [1.165, 1.54) is 13.3 Å². The number of carbonyl (C=O) groups is 1. The third-order valence-electron chi connectivity index (χ3n) is 4.54. The highest BCUT2D eigenvalue weighted by Crippen LogP contribution is 2.33. The van der Waals surface area contributed by atoms with E-state index in [1.807, 2.05) is 42.5 Å². The second kappa shape index (κ2) is 9.65. The number of hydrogen-bond donors (Lipinski definition) is 1. The highest BCUT2D eigenvalue weighted by Gasteiger charge is 2.16. The Morgan fingerprint density at radius 1 is 0.900 bits per heavy atom. The van der Waals surface area contributed by atoms with Crippen LogP contribution in [0.4, 0.5) is 0 Å². The third kappa shape index (κ3) is 4.63. The van der Waals surface area contributed by atoms with Crippen molar-refractivity contribution in [2.75, 3.05) is 21.3 Å². The molecule has 3 aromatic carbocycles. The molecule has 7 nitrogen and oxygen atoms in total. The van der Waals surface area contributed by atoms with Crippen molar-refractivity contribution in [3.05, 3.63) is 60.2 Å². The smallest absolute Gasteiger partial charge is 0.280 e. The molecule has 0 saturated heterocycles. The summed E-state index contributed by atoms with van der Waals surface area (Å²) in [5.74, 6) is 1.86. The van der Waals surface area contributed by atoms with Crippen LogP contribution in [0.15, 0.2) is 59.7 Å². The fourth-order valence-corrected chi connectivity index (χ4v) is 2.95. The summed E-state index contributed by atoms with van der Waals surface area (Å²) in [6.45, 7) is 1.67. The molecule has 0 fully saturated rings. The van der Waals surface area contributed by atoms with Gasteiger partial charge in [0.05, 0.1) is 27.5 Å². The van der Waals surface area contributed by atoms with Crippen LogP contribution in [0.2, 0.25) is 0 Å². The van der Waals surface area contributed by atoms with Gasteiger partial charge in [-0.15, -0.1) is 0 Å². The van der Waals surface area contributed by atoms with E-state index in [4.69, 9.17) is 18.9 Å². The largest absolute Gasteiger partial charge is 0.496 e. The number of rotatable bonds is 8. The molecule has 0 aliphatic rings. The standard InChI is InChI=1S/C23H24N2O5/c1-15(30-19-11-7-9-16-8-5-6-10-18(16)19)23(26)25-24-14-17-12-21(28-3)22(29-4)13-20(17)27-2/h5-15H,1-4H3,(H,25,26)/b24-14+. The van der Waals surface area contributed by atoms with Crippen LogP contribution >= 0.6 is 0 Å². The van der Waals surface area contributed by atoms with Gasteiger partial charge in [-0.2, -0.15) is 5.10 Å². The summed E-state index contributed by atoms with van der Waals surface area (Å²) in [7, 11) is 4.62. The van der Waals surface area contributed by atoms with Crippen LogP contribution in [0.25, 0.3) is 10.8 Å². The molecule has 0 spiro atoms. The SMILES string of the molecule is COc1cc(OC)c(OC)cc1/C=N/NC(=O)C(C)Oc1cccc2ccccc12. The van der Waals surface area contributed by atoms with Crippen LogP contribution in [0.5, 0.6) is 23.0 Å². The fraction of sp³-hybridized carbons (Fsp3) is 0.217. The van der Waals surface area contributed by atoms with E-state index >= 15 is 0 Å². The van der Waals surface area contributed by atoms with E-state index in [2.05, 4.69) is 10.5 Å². The Labute approximate surface area is 175 Å².